The number of aliphatic carboxylic acids is 1. The van der Waals surface area contributed by atoms with Gasteiger partial charge in [0.2, 0.25) is 5.91 Å². The summed E-state index contributed by atoms with van der Waals surface area (Å²) < 4.78 is 10.8. The highest BCUT2D eigenvalue weighted by atomic mass is 16.5. The van der Waals surface area contributed by atoms with Crippen LogP contribution in [0.25, 0.3) is 0 Å². The minimum absolute atomic E-state index is 0.224. The summed E-state index contributed by atoms with van der Waals surface area (Å²) in [5, 5.41) is 8.98. The van der Waals surface area contributed by atoms with Crippen molar-refractivity contribution in [1.82, 2.24) is 4.90 Å². The number of likely N-dealkylation sites (N-methyl/N-ethyl adjacent to an activating group) is 1. The lowest BCUT2D eigenvalue weighted by Gasteiger charge is -2.30. The molecule has 1 amide bonds. The van der Waals surface area contributed by atoms with Crippen LogP contribution in [0.2, 0.25) is 0 Å². The highest BCUT2D eigenvalue weighted by Crippen LogP contribution is 2.31. The van der Waals surface area contributed by atoms with Gasteiger partial charge in [-0.15, -0.1) is 0 Å². The maximum Gasteiger partial charge on any atom is 0.326 e. The van der Waals surface area contributed by atoms with Gasteiger partial charge in [-0.25, -0.2) is 4.79 Å². The zero-order valence-corrected chi connectivity index (χ0v) is 12.3. The molecule has 0 radical (unpaired) electrons. The number of hydrogen-bond donors (Lipinski definition) is 1. The maximum atomic E-state index is 12.4. The number of ether oxygens (including phenoxy) is 2. The molecule has 1 aliphatic heterocycles. The van der Waals surface area contributed by atoms with Crippen molar-refractivity contribution in [3.63, 3.8) is 0 Å². The summed E-state index contributed by atoms with van der Waals surface area (Å²) in [6.45, 7) is 1.75. The van der Waals surface area contributed by atoms with E-state index < -0.39 is 12.0 Å². The van der Waals surface area contributed by atoms with Crippen LogP contribution in [0.1, 0.15) is 12.5 Å². The van der Waals surface area contributed by atoms with Gasteiger partial charge in [0.1, 0.15) is 24.1 Å². The monoisotopic (exact) mass is 293 g/mol. The summed E-state index contributed by atoms with van der Waals surface area (Å²) in [6, 6.07) is 4.61. The van der Waals surface area contributed by atoms with E-state index in [1.165, 1.54) is 18.9 Å². The number of carboxylic acid groups (broad SMARTS) is 1. The van der Waals surface area contributed by atoms with E-state index in [9.17, 15) is 9.59 Å². The first kappa shape index (κ1) is 15.2. The van der Waals surface area contributed by atoms with Crippen molar-refractivity contribution < 1.29 is 24.2 Å². The summed E-state index contributed by atoms with van der Waals surface area (Å²) in [5.74, 6) is -0.175. The van der Waals surface area contributed by atoms with Gasteiger partial charge in [-0.2, -0.15) is 0 Å². The average Bonchev–Trinajstić information content (AvgIpc) is 2.51. The maximum absolute atomic E-state index is 12.4. The van der Waals surface area contributed by atoms with Gasteiger partial charge in [-0.05, 0) is 37.1 Å². The summed E-state index contributed by atoms with van der Waals surface area (Å²) in [4.78, 5) is 24.6. The number of carboxylic acids is 1. The lowest BCUT2D eigenvalue weighted by molar-refractivity contribution is -0.150. The molecule has 6 heteroatoms. The third kappa shape index (κ3) is 3.09. The molecule has 0 spiro atoms. The van der Waals surface area contributed by atoms with Crippen molar-refractivity contribution in [3.8, 4) is 11.5 Å². The first-order valence-corrected chi connectivity index (χ1v) is 6.73. The Morgan fingerprint density at radius 2 is 2.19 bits per heavy atom. The van der Waals surface area contributed by atoms with Crippen molar-refractivity contribution in [1.29, 1.82) is 0 Å². The Hall–Kier alpha value is -2.24. The molecule has 0 saturated carbocycles. The fraction of sp³-hybridized carbons (Fsp3) is 0.467. The first-order valence-electron chi connectivity index (χ1n) is 6.73. The second-order valence-corrected chi connectivity index (χ2v) is 5.15. The third-order valence-electron chi connectivity index (χ3n) is 3.81. The fourth-order valence-corrected chi connectivity index (χ4v) is 2.30. The Morgan fingerprint density at radius 1 is 1.48 bits per heavy atom. The van der Waals surface area contributed by atoms with Crippen LogP contribution in [0.5, 0.6) is 11.5 Å². The van der Waals surface area contributed by atoms with Crippen molar-refractivity contribution in [2.45, 2.75) is 19.4 Å². The second kappa shape index (κ2) is 6.03. The number of benzene rings is 1. The van der Waals surface area contributed by atoms with Crippen LogP contribution in [0.15, 0.2) is 18.2 Å². The summed E-state index contributed by atoms with van der Waals surface area (Å²) >= 11 is 0. The lowest BCUT2D eigenvalue weighted by Crippen LogP contribution is -2.45. The molecule has 1 aliphatic rings. The van der Waals surface area contributed by atoms with Crippen LogP contribution in [0, 0.1) is 5.92 Å². The molecule has 1 N–H and O–H groups in total. The van der Waals surface area contributed by atoms with Gasteiger partial charge in [-0.3, -0.25) is 4.79 Å². The minimum Gasteiger partial charge on any atom is -0.497 e. The zero-order valence-electron chi connectivity index (χ0n) is 12.3. The average molecular weight is 293 g/mol. The molecule has 1 heterocycles. The highest BCUT2D eigenvalue weighted by molar-refractivity contribution is 5.85. The standard InChI is InChI=1S/C15H19NO5/c1-9(15(18)19)16(2)14(17)11-6-10-7-12(20-3)4-5-13(10)21-8-11/h4-5,7,9,11H,6,8H2,1-3H3,(H,18,19)/t9-,11+/m0/s1. The summed E-state index contributed by atoms with van der Waals surface area (Å²) in [6.07, 6.45) is 0.516. The molecule has 114 valence electrons. The SMILES string of the molecule is COc1ccc2c(c1)C[C@@H](C(=O)N(C)[C@@H](C)C(=O)O)CO2. The van der Waals surface area contributed by atoms with Crippen LogP contribution < -0.4 is 9.47 Å². The Kier molecular flexibility index (Phi) is 4.35. The van der Waals surface area contributed by atoms with Gasteiger partial charge in [0.05, 0.1) is 13.0 Å². The lowest BCUT2D eigenvalue weighted by atomic mass is 9.95. The zero-order chi connectivity index (χ0) is 15.6. The van der Waals surface area contributed by atoms with E-state index in [4.69, 9.17) is 14.6 Å². The Bertz CT molecular complexity index is 557. The third-order valence-corrected chi connectivity index (χ3v) is 3.81. The quantitative estimate of drug-likeness (QED) is 0.902. The molecule has 0 fully saturated rings. The van der Waals surface area contributed by atoms with Gasteiger partial charge in [0, 0.05) is 7.05 Å². The smallest absolute Gasteiger partial charge is 0.326 e. The number of hydrogen-bond acceptors (Lipinski definition) is 4. The summed E-state index contributed by atoms with van der Waals surface area (Å²) in [7, 11) is 3.08. The number of carbonyl (C=O) groups excluding carboxylic acids is 1. The predicted molar refractivity (Wildman–Crippen MR) is 75.6 cm³/mol. The largest absolute Gasteiger partial charge is 0.497 e. The molecular weight excluding hydrogens is 274 g/mol. The van der Waals surface area contributed by atoms with E-state index in [1.807, 2.05) is 12.1 Å². The molecule has 1 aromatic carbocycles. The van der Waals surface area contributed by atoms with Crippen molar-refractivity contribution in [2.75, 3.05) is 20.8 Å². The number of carbonyl (C=O) groups is 2. The van der Waals surface area contributed by atoms with E-state index >= 15 is 0 Å². The molecule has 6 nitrogen and oxygen atoms in total. The predicted octanol–water partition coefficient (Wildman–Crippen LogP) is 1.18. The number of fused-ring (bicyclic) bond motifs is 1. The van der Waals surface area contributed by atoms with Crippen LogP contribution in [0.3, 0.4) is 0 Å². The van der Waals surface area contributed by atoms with E-state index in [2.05, 4.69) is 0 Å². The fourth-order valence-electron chi connectivity index (χ4n) is 2.30. The molecule has 0 bridgehead atoms. The number of amides is 1. The Labute approximate surface area is 123 Å². The van der Waals surface area contributed by atoms with Gasteiger partial charge in [0.25, 0.3) is 0 Å². The molecule has 2 rings (SSSR count). The molecule has 0 aliphatic carbocycles. The van der Waals surface area contributed by atoms with Gasteiger partial charge < -0.3 is 19.5 Å². The van der Waals surface area contributed by atoms with Gasteiger partial charge in [0.15, 0.2) is 0 Å². The van der Waals surface area contributed by atoms with Crippen LogP contribution >= 0.6 is 0 Å². The van der Waals surface area contributed by atoms with Crippen molar-refractivity contribution in [3.05, 3.63) is 23.8 Å². The topological polar surface area (TPSA) is 76.1 Å². The summed E-state index contributed by atoms with van der Waals surface area (Å²) in [5.41, 5.74) is 0.898. The highest BCUT2D eigenvalue weighted by Gasteiger charge is 2.32. The van der Waals surface area contributed by atoms with Crippen LogP contribution in [-0.2, 0) is 16.0 Å². The van der Waals surface area contributed by atoms with E-state index in [1.54, 1.807) is 13.2 Å². The second-order valence-electron chi connectivity index (χ2n) is 5.15. The number of nitrogens with zero attached hydrogens (tertiary/aromatic N) is 1. The van der Waals surface area contributed by atoms with Gasteiger partial charge in [-0.1, -0.05) is 0 Å². The number of methoxy groups -OCH3 is 1. The van der Waals surface area contributed by atoms with E-state index in [0.29, 0.717) is 12.2 Å². The molecule has 0 saturated heterocycles. The van der Waals surface area contributed by atoms with Gasteiger partial charge >= 0.3 is 5.97 Å². The Morgan fingerprint density at radius 3 is 2.81 bits per heavy atom. The van der Waals surface area contributed by atoms with Crippen molar-refractivity contribution >= 4 is 11.9 Å². The molecule has 0 unspecified atom stereocenters. The molecule has 21 heavy (non-hydrogen) atoms. The van der Waals surface area contributed by atoms with E-state index in [-0.39, 0.29) is 18.4 Å². The molecule has 0 aromatic heterocycles. The normalized spacial score (nSPS) is 18.1. The first-order chi connectivity index (χ1) is 9.93. The molecular formula is C15H19NO5. The Balaban J connectivity index is 2.13. The van der Waals surface area contributed by atoms with Crippen LogP contribution in [0.4, 0.5) is 0 Å². The number of rotatable bonds is 4. The van der Waals surface area contributed by atoms with E-state index in [0.717, 1.165) is 11.3 Å². The van der Waals surface area contributed by atoms with Crippen molar-refractivity contribution in [2.24, 2.45) is 5.92 Å². The molecule has 1 aromatic rings. The van der Waals surface area contributed by atoms with Crippen LogP contribution in [-0.4, -0.2) is 48.7 Å². The molecule has 2 atom stereocenters. The minimum atomic E-state index is -1.02.